The van der Waals surface area contributed by atoms with E-state index in [-0.39, 0.29) is 10.6 Å². The second kappa shape index (κ2) is 5.05. The quantitative estimate of drug-likeness (QED) is 0.680. The summed E-state index contributed by atoms with van der Waals surface area (Å²) in [5, 5.41) is 14.8. The Kier molecular flexibility index (Phi) is 3.38. The number of hydrogen-bond donors (Lipinski definition) is 1. The van der Waals surface area contributed by atoms with Gasteiger partial charge in [0.2, 0.25) is 0 Å². The first kappa shape index (κ1) is 13.4. The van der Waals surface area contributed by atoms with Crippen LogP contribution in [0.3, 0.4) is 0 Å². The first-order valence-electron chi connectivity index (χ1n) is 7.28. The standard InChI is InChI=1S/C15H21N3O2/c1-10-3-6-14(18(19)20)15(7-10)17(2)13-8-11-4-5-12(9-13)16-11/h3,6-7,11-13,16H,4-5,8-9H2,1-2H3. The topological polar surface area (TPSA) is 58.4 Å². The molecule has 0 amide bonds. The third kappa shape index (κ3) is 2.38. The van der Waals surface area contributed by atoms with Crippen molar-refractivity contribution >= 4 is 11.4 Å². The Morgan fingerprint density at radius 3 is 2.55 bits per heavy atom. The third-order valence-electron chi connectivity index (χ3n) is 4.70. The molecular weight excluding hydrogens is 254 g/mol. The Balaban J connectivity index is 1.88. The van der Waals surface area contributed by atoms with Crippen molar-refractivity contribution in [1.29, 1.82) is 0 Å². The summed E-state index contributed by atoms with van der Waals surface area (Å²) in [5.74, 6) is 0. The van der Waals surface area contributed by atoms with Crippen LogP contribution in [-0.2, 0) is 0 Å². The molecule has 0 aliphatic carbocycles. The van der Waals surface area contributed by atoms with Gasteiger partial charge in [0.05, 0.1) is 4.92 Å². The predicted octanol–water partition coefficient (Wildman–Crippen LogP) is 2.62. The van der Waals surface area contributed by atoms with Crippen LogP contribution in [0.25, 0.3) is 0 Å². The Morgan fingerprint density at radius 2 is 1.95 bits per heavy atom. The molecule has 0 saturated carbocycles. The average Bonchev–Trinajstić information content (AvgIpc) is 2.76. The van der Waals surface area contributed by atoms with Gasteiger partial charge in [0, 0.05) is 31.2 Å². The lowest BCUT2D eigenvalue weighted by atomic mass is 9.97. The maximum atomic E-state index is 11.2. The van der Waals surface area contributed by atoms with Gasteiger partial charge in [0.15, 0.2) is 0 Å². The molecule has 3 rings (SSSR count). The number of aryl methyl sites for hydroxylation is 1. The Labute approximate surface area is 119 Å². The van der Waals surface area contributed by atoms with Gasteiger partial charge in [0.1, 0.15) is 5.69 Å². The van der Waals surface area contributed by atoms with Crippen molar-refractivity contribution in [3.05, 3.63) is 33.9 Å². The van der Waals surface area contributed by atoms with Crippen LogP contribution >= 0.6 is 0 Å². The number of nitrogens with one attached hydrogen (secondary N) is 1. The number of hydrogen-bond acceptors (Lipinski definition) is 4. The van der Waals surface area contributed by atoms with E-state index >= 15 is 0 Å². The summed E-state index contributed by atoms with van der Waals surface area (Å²) in [4.78, 5) is 13.1. The zero-order chi connectivity index (χ0) is 14.3. The highest BCUT2D eigenvalue weighted by atomic mass is 16.6. The summed E-state index contributed by atoms with van der Waals surface area (Å²) in [6, 6.07) is 6.94. The maximum Gasteiger partial charge on any atom is 0.292 e. The van der Waals surface area contributed by atoms with E-state index in [4.69, 9.17) is 0 Å². The van der Waals surface area contributed by atoms with Crippen molar-refractivity contribution in [3.8, 4) is 0 Å². The summed E-state index contributed by atoms with van der Waals surface area (Å²) < 4.78 is 0. The zero-order valence-corrected chi connectivity index (χ0v) is 12.0. The highest BCUT2D eigenvalue weighted by molar-refractivity contribution is 5.64. The fraction of sp³-hybridized carbons (Fsp3) is 0.600. The fourth-order valence-corrected chi connectivity index (χ4v) is 3.61. The molecule has 5 heteroatoms. The summed E-state index contributed by atoms with van der Waals surface area (Å²) >= 11 is 0. The van der Waals surface area contributed by atoms with Crippen LogP contribution in [0.15, 0.2) is 18.2 Å². The van der Waals surface area contributed by atoms with Gasteiger partial charge in [-0.2, -0.15) is 0 Å². The number of nitro benzene ring substituents is 1. The number of nitrogens with zero attached hydrogens (tertiary/aromatic N) is 2. The number of anilines is 1. The summed E-state index contributed by atoms with van der Waals surface area (Å²) in [6.07, 6.45) is 4.64. The van der Waals surface area contributed by atoms with Crippen molar-refractivity contribution in [1.82, 2.24) is 5.32 Å². The van der Waals surface area contributed by atoms with E-state index in [0.717, 1.165) is 24.1 Å². The normalized spacial score (nSPS) is 28.4. The van der Waals surface area contributed by atoms with Crippen LogP contribution in [0, 0.1) is 17.0 Å². The molecule has 2 aliphatic rings. The van der Waals surface area contributed by atoms with Crippen molar-refractivity contribution in [2.24, 2.45) is 0 Å². The Morgan fingerprint density at radius 1 is 1.30 bits per heavy atom. The van der Waals surface area contributed by atoms with Gasteiger partial charge < -0.3 is 10.2 Å². The molecule has 1 aromatic carbocycles. The largest absolute Gasteiger partial charge is 0.366 e. The molecule has 2 heterocycles. The molecule has 0 spiro atoms. The van der Waals surface area contributed by atoms with E-state index in [1.165, 1.54) is 12.8 Å². The van der Waals surface area contributed by atoms with Crippen LogP contribution in [0.2, 0.25) is 0 Å². The van der Waals surface area contributed by atoms with E-state index in [1.807, 2.05) is 26.1 Å². The molecule has 108 valence electrons. The highest BCUT2D eigenvalue weighted by Crippen LogP contribution is 2.35. The average molecular weight is 275 g/mol. The molecule has 5 nitrogen and oxygen atoms in total. The molecule has 0 radical (unpaired) electrons. The number of piperidine rings is 1. The van der Waals surface area contributed by atoms with Crippen LogP contribution in [0.5, 0.6) is 0 Å². The van der Waals surface area contributed by atoms with Crippen LogP contribution in [-0.4, -0.2) is 30.1 Å². The van der Waals surface area contributed by atoms with Crippen LogP contribution in [0.1, 0.15) is 31.2 Å². The summed E-state index contributed by atoms with van der Waals surface area (Å²) in [6.45, 7) is 1.98. The van der Waals surface area contributed by atoms with Gasteiger partial charge in [-0.3, -0.25) is 10.1 Å². The molecule has 20 heavy (non-hydrogen) atoms. The van der Waals surface area contributed by atoms with E-state index in [2.05, 4.69) is 10.2 Å². The van der Waals surface area contributed by atoms with Gasteiger partial charge in [-0.05, 0) is 44.2 Å². The van der Waals surface area contributed by atoms with E-state index in [9.17, 15) is 10.1 Å². The van der Waals surface area contributed by atoms with Crippen LogP contribution < -0.4 is 10.2 Å². The SMILES string of the molecule is Cc1ccc([N+](=O)[O-])c(N(C)C2CC3CCC(C2)N3)c1. The van der Waals surface area contributed by atoms with E-state index < -0.39 is 0 Å². The molecule has 2 atom stereocenters. The first-order valence-corrected chi connectivity index (χ1v) is 7.28. The third-order valence-corrected chi connectivity index (χ3v) is 4.70. The van der Waals surface area contributed by atoms with Crippen LogP contribution in [0.4, 0.5) is 11.4 Å². The fourth-order valence-electron chi connectivity index (χ4n) is 3.61. The Bertz CT molecular complexity index is 520. The number of nitro groups is 1. The lowest BCUT2D eigenvalue weighted by Crippen LogP contribution is -2.47. The van der Waals surface area contributed by atoms with E-state index in [0.29, 0.717) is 18.1 Å². The number of fused-ring (bicyclic) bond motifs is 2. The molecular formula is C15H21N3O2. The smallest absolute Gasteiger partial charge is 0.292 e. The van der Waals surface area contributed by atoms with Crippen molar-refractivity contribution in [3.63, 3.8) is 0 Å². The number of rotatable bonds is 3. The minimum atomic E-state index is -0.277. The first-order chi connectivity index (χ1) is 9.54. The van der Waals surface area contributed by atoms with Gasteiger partial charge in [-0.15, -0.1) is 0 Å². The second-order valence-electron chi connectivity index (χ2n) is 6.12. The lowest BCUT2D eigenvalue weighted by Gasteiger charge is -2.36. The molecule has 1 N–H and O–H groups in total. The molecule has 1 aromatic rings. The van der Waals surface area contributed by atoms with Crippen molar-refractivity contribution in [2.75, 3.05) is 11.9 Å². The Hall–Kier alpha value is -1.62. The van der Waals surface area contributed by atoms with Crippen molar-refractivity contribution in [2.45, 2.75) is 50.7 Å². The van der Waals surface area contributed by atoms with Crippen molar-refractivity contribution < 1.29 is 4.92 Å². The molecule has 2 unspecified atom stereocenters. The maximum absolute atomic E-state index is 11.2. The monoisotopic (exact) mass is 275 g/mol. The number of benzene rings is 1. The lowest BCUT2D eigenvalue weighted by molar-refractivity contribution is -0.384. The minimum Gasteiger partial charge on any atom is -0.366 e. The molecule has 2 aliphatic heterocycles. The molecule has 2 saturated heterocycles. The molecule has 0 aromatic heterocycles. The second-order valence-corrected chi connectivity index (χ2v) is 6.12. The van der Waals surface area contributed by atoms with Gasteiger partial charge in [-0.1, -0.05) is 6.07 Å². The predicted molar refractivity (Wildman–Crippen MR) is 79.2 cm³/mol. The van der Waals surface area contributed by atoms with Gasteiger partial charge >= 0.3 is 0 Å². The molecule has 2 fully saturated rings. The summed E-state index contributed by atoms with van der Waals surface area (Å²) in [7, 11) is 2.00. The molecule has 2 bridgehead atoms. The summed E-state index contributed by atoms with van der Waals surface area (Å²) in [5.41, 5.74) is 2.03. The minimum absolute atomic E-state index is 0.212. The van der Waals surface area contributed by atoms with Gasteiger partial charge in [-0.25, -0.2) is 0 Å². The van der Waals surface area contributed by atoms with Gasteiger partial charge in [0.25, 0.3) is 5.69 Å². The highest BCUT2D eigenvalue weighted by Gasteiger charge is 2.36. The zero-order valence-electron chi connectivity index (χ0n) is 12.0. The van der Waals surface area contributed by atoms with E-state index in [1.54, 1.807) is 6.07 Å².